The molecule has 6 N–H and O–H groups in total. The number of carbonyl (C=O) groups is 1. The van der Waals surface area contributed by atoms with Crippen LogP contribution in [0.4, 0.5) is 0 Å². The first-order valence-electron chi connectivity index (χ1n) is 10.2. The van der Waals surface area contributed by atoms with E-state index in [2.05, 4.69) is 0 Å². The molecule has 11 nitrogen and oxygen atoms in total. The van der Waals surface area contributed by atoms with Gasteiger partial charge in [-0.2, -0.15) is 0 Å². The molecule has 0 fully saturated rings. The van der Waals surface area contributed by atoms with Crippen LogP contribution < -0.4 is 14.2 Å². The zero-order valence-corrected chi connectivity index (χ0v) is 18.6. The molecule has 3 aromatic rings. The van der Waals surface area contributed by atoms with Crippen LogP contribution in [0.3, 0.4) is 0 Å². The van der Waals surface area contributed by atoms with Gasteiger partial charge in [-0.15, -0.1) is 0 Å². The Kier molecular flexibility index (Phi) is 6.00. The summed E-state index contributed by atoms with van der Waals surface area (Å²) in [6.45, 7) is 0. The van der Waals surface area contributed by atoms with Crippen LogP contribution in [0.25, 0.3) is 0 Å². The van der Waals surface area contributed by atoms with Crippen LogP contribution in [0.2, 0.25) is 0 Å². The third-order valence-corrected chi connectivity index (χ3v) is 5.56. The Bertz CT molecular complexity index is 1250. The highest BCUT2D eigenvalue weighted by Crippen LogP contribution is 2.46. The zero-order chi connectivity index (χ0) is 25.4. The number of phenols is 6. The van der Waals surface area contributed by atoms with E-state index in [1.807, 2.05) is 0 Å². The highest BCUT2D eigenvalue weighted by atomic mass is 16.6. The Balaban J connectivity index is 1.76. The number of carbonyl (C=O) groups excluding carboxylic acids is 1. The molecule has 2 atom stereocenters. The highest BCUT2D eigenvalue weighted by Gasteiger charge is 2.37. The molecule has 4 rings (SSSR count). The molecule has 0 aromatic heterocycles. The second-order valence-electron chi connectivity index (χ2n) is 7.77. The molecule has 1 aliphatic rings. The molecule has 1 heterocycles. The second kappa shape index (κ2) is 8.93. The third-order valence-electron chi connectivity index (χ3n) is 5.56. The Hall–Kier alpha value is -4.67. The Morgan fingerprint density at radius 3 is 2.03 bits per heavy atom. The highest BCUT2D eigenvalue weighted by molar-refractivity contribution is 5.91. The summed E-state index contributed by atoms with van der Waals surface area (Å²) in [6.07, 6.45) is -2.20. The van der Waals surface area contributed by atoms with E-state index in [4.69, 9.17) is 18.9 Å². The quantitative estimate of drug-likeness (QED) is 0.231. The first-order chi connectivity index (χ1) is 16.6. The van der Waals surface area contributed by atoms with Crippen LogP contribution in [-0.4, -0.2) is 56.9 Å². The van der Waals surface area contributed by atoms with Gasteiger partial charge in [-0.1, -0.05) is 0 Å². The van der Waals surface area contributed by atoms with Crippen molar-refractivity contribution in [2.24, 2.45) is 0 Å². The lowest BCUT2D eigenvalue weighted by Gasteiger charge is -2.34. The van der Waals surface area contributed by atoms with Crippen molar-refractivity contribution >= 4 is 5.97 Å². The maximum absolute atomic E-state index is 12.9. The number of benzene rings is 3. The minimum absolute atomic E-state index is 0.0365. The van der Waals surface area contributed by atoms with Gasteiger partial charge in [0.15, 0.2) is 34.9 Å². The summed E-state index contributed by atoms with van der Waals surface area (Å²) in [4.78, 5) is 12.9. The van der Waals surface area contributed by atoms with Gasteiger partial charge in [0.05, 0.1) is 19.8 Å². The topological polar surface area (TPSA) is 175 Å². The summed E-state index contributed by atoms with van der Waals surface area (Å²) in [5, 5.41) is 60.0. The number of ether oxygens (including phenoxy) is 4. The fraction of sp³-hybridized carbons (Fsp3) is 0.208. The molecule has 0 amide bonds. The van der Waals surface area contributed by atoms with Crippen molar-refractivity contribution in [2.75, 3.05) is 14.2 Å². The minimum atomic E-state index is -1.10. The summed E-state index contributed by atoms with van der Waals surface area (Å²) in [5.41, 5.74) is 0.280. The molecule has 0 aliphatic carbocycles. The van der Waals surface area contributed by atoms with Crippen LogP contribution >= 0.6 is 0 Å². The van der Waals surface area contributed by atoms with Crippen molar-refractivity contribution in [1.82, 2.24) is 0 Å². The SMILES string of the molecule is COc1cc(O)c2c(c1)OC(c1cc(O)c(OC)c(O)c1)C(OC(=O)c1cc(O)c(O)c(O)c1)C2. The predicted molar refractivity (Wildman–Crippen MR) is 119 cm³/mol. The van der Waals surface area contributed by atoms with Gasteiger partial charge in [0.1, 0.15) is 23.4 Å². The minimum Gasteiger partial charge on any atom is -0.507 e. The summed E-state index contributed by atoms with van der Waals surface area (Å²) < 4.78 is 21.7. The van der Waals surface area contributed by atoms with Gasteiger partial charge < -0.3 is 49.6 Å². The van der Waals surface area contributed by atoms with Gasteiger partial charge in [0.2, 0.25) is 5.75 Å². The Morgan fingerprint density at radius 1 is 0.829 bits per heavy atom. The molecule has 0 saturated carbocycles. The van der Waals surface area contributed by atoms with Crippen molar-refractivity contribution in [2.45, 2.75) is 18.6 Å². The van der Waals surface area contributed by atoms with E-state index in [-0.39, 0.29) is 46.3 Å². The van der Waals surface area contributed by atoms with Gasteiger partial charge >= 0.3 is 5.97 Å². The molecular weight excluding hydrogens is 464 g/mol. The van der Waals surface area contributed by atoms with Crippen LogP contribution in [0.5, 0.6) is 51.7 Å². The number of hydrogen-bond donors (Lipinski definition) is 6. The van der Waals surface area contributed by atoms with Gasteiger partial charge in [0.25, 0.3) is 0 Å². The number of rotatable bonds is 5. The summed E-state index contributed by atoms with van der Waals surface area (Å²) in [5.74, 6) is -3.79. The summed E-state index contributed by atoms with van der Waals surface area (Å²) in [6, 6.07) is 7.26. The monoisotopic (exact) mass is 486 g/mol. The molecule has 0 radical (unpaired) electrons. The van der Waals surface area contributed by atoms with Crippen molar-refractivity contribution in [1.29, 1.82) is 0 Å². The van der Waals surface area contributed by atoms with Crippen molar-refractivity contribution < 1.29 is 54.4 Å². The van der Waals surface area contributed by atoms with E-state index in [0.717, 1.165) is 12.1 Å². The van der Waals surface area contributed by atoms with Crippen molar-refractivity contribution in [3.63, 3.8) is 0 Å². The van der Waals surface area contributed by atoms with E-state index >= 15 is 0 Å². The third kappa shape index (κ3) is 4.31. The predicted octanol–water partition coefficient (Wildman–Crippen LogP) is 2.84. The standard InChI is InChI=1S/C24H22O11/c1-32-12-7-14(25)13-9-20(35-24(31)11-5-15(26)21(30)16(27)6-11)22(34-19(13)8-12)10-3-17(28)23(33-2)18(29)4-10/h3-8,20,22,25-30H,9H2,1-2H3. The lowest BCUT2D eigenvalue weighted by Crippen LogP contribution is -2.34. The van der Waals surface area contributed by atoms with Gasteiger partial charge in [-0.3, -0.25) is 0 Å². The number of aromatic hydroxyl groups is 6. The largest absolute Gasteiger partial charge is 0.507 e. The van der Waals surface area contributed by atoms with E-state index in [9.17, 15) is 35.4 Å². The van der Waals surface area contributed by atoms with E-state index in [1.54, 1.807) is 0 Å². The van der Waals surface area contributed by atoms with Gasteiger partial charge in [-0.05, 0) is 24.3 Å². The van der Waals surface area contributed by atoms with E-state index in [1.165, 1.54) is 38.5 Å². The van der Waals surface area contributed by atoms with Crippen molar-refractivity contribution in [3.8, 4) is 51.7 Å². The number of fused-ring (bicyclic) bond motifs is 1. The lowest BCUT2D eigenvalue weighted by atomic mass is 9.93. The molecule has 0 bridgehead atoms. The average molecular weight is 486 g/mol. The molecule has 0 spiro atoms. The molecule has 11 heteroatoms. The molecule has 1 aliphatic heterocycles. The Labute approximate surface area is 198 Å². The molecule has 184 valence electrons. The summed E-state index contributed by atoms with van der Waals surface area (Å²) in [7, 11) is 2.68. The normalized spacial score (nSPS) is 16.6. The fourth-order valence-electron chi connectivity index (χ4n) is 3.86. The van der Waals surface area contributed by atoms with Gasteiger partial charge in [-0.25, -0.2) is 4.79 Å². The maximum Gasteiger partial charge on any atom is 0.338 e. The zero-order valence-electron chi connectivity index (χ0n) is 18.6. The first kappa shape index (κ1) is 23.5. The first-order valence-corrected chi connectivity index (χ1v) is 10.2. The second-order valence-corrected chi connectivity index (χ2v) is 7.77. The van der Waals surface area contributed by atoms with E-state index in [0.29, 0.717) is 11.3 Å². The molecule has 2 unspecified atom stereocenters. The molecule has 0 saturated heterocycles. The fourth-order valence-corrected chi connectivity index (χ4v) is 3.86. The molecular formula is C24H22O11. The Morgan fingerprint density at radius 2 is 1.46 bits per heavy atom. The van der Waals surface area contributed by atoms with Gasteiger partial charge in [0, 0.05) is 29.7 Å². The average Bonchev–Trinajstić information content (AvgIpc) is 2.81. The lowest BCUT2D eigenvalue weighted by molar-refractivity contribution is -0.0189. The number of esters is 1. The van der Waals surface area contributed by atoms with Crippen molar-refractivity contribution in [3.05, 3.63) is 53.1 Å². The molecule has 35 heavy (non-hydrogen) atoms. The van der Waals surface area contributed by atoms with E-state index < -0.39 is 35.4 Å². The number of phenolic OH excluding ortho intramolecular Hbond substituents is 6. The maximum atomic E-state index is 12.9. The summed E-state index contributed by atoms with van der Waals surface area (Å²) >= 11 is 0. The smallest absolute Gasteiger partial charge is 0.338 e. The number of methoxy groups -OCH3 is 2. The van der Waals surface area contributed by atoms with Crippen LogP contribution in [-0.2, 0) is 11.2 Å². The van der Waals surface area contributed by atoms with Crippen LogP contribution in [0.1, 0.15) is 27.6 Å². The number of hydrogen-bond acceptors (Lipinski definition) is 11. The van der Waals surface area contributed by atoms with Crippen LogP contribution in [0, 0.1) is 0 Å². The van der Waals surface area contributed by atoms with Crippen LogP contribution in [0.15, 0.2) is 36.4 Å². The molecule has 3 aromatic carbocycles.